The van der Waals surface area contributed by atoms with E-state index in [0.717, 1.165) is 28.5 Å². The number of benzene rings is 2. The number of hydrogen-bond donors (Lipinski definition) is 1. The Morgan fingerprint density at radius 2 is 1.84 bits per heavy atom. The van der Waals surface area contributed by atoms with Crippen LogP contribution in [-0.2, 0) is 0 Å². The smallest absolute Gasteiger partial charge is 0.174 e. The van der Waals surface area contributed by atoms with E-state index in [9.17, 15) is 0 Å². The Bertz CT molecular complexity index is 1220. The molecule has 1 fully saturated rings. The van der Waals surface area contributed by atoms with Crippen LogP contribution in [0.3, 0.4) is 0 Å². The average Bonchev–Trinajstić information content (AvgIpc) is 3.39. The van der Waals surface area contributed by atoms with Gasteiger partial charge in [-0.25, -0.2) is 0 Å². The predicted molar refractivity (Wildman–Crippen MR) is 128 cm³/mol. The molecule has 4 nitrogen and oxygen atoms in total. The van der Waals surface area contributed by atoms with Gasteiger partial charge in [0.05, 0.1) is 11.7 Å². The van der Waals surface area contributed by atoms with Crippen LogP contribution in [0.25, 0.3) is 11.3 Å². The molecule has 1 aliphatic heterocycles. The first-order chi connectivity index (χ1) is 15.1. The van der Waals surface area contributed by atoms with Crippen LogP contribution in [0.1, 0.15) is 29.1 Å². The summed E-state index contributed by atoms with van der Waals surface area (Å²) in [5, 5.41) is 4.81. The van der Waals surface area contributed by atoms with Crippen LogP contribution in [0.15, 0.2) is 89.5 Å². The Kier molecular flexibility index (Phi) is 5.22. The minimum absolute atomic E-state index is 0.140. The molecule has 3 heterocycles. The molecule has 4 aromatic rings. The average molecular weight is 446 g/mol. The van der Waals surface area contributed by atoms with Crippen LogP contribution in [0.2, 0.25) is 5.02 Å². The number of aryl methyl sites for hydroxylation is 1. The molecule has 2 aromatic carbocycles. The zero-order valence-corrected chi connectivity index (χ0v) is 18.4. The molecular weight excluding hydrogens is 426 g/mol. The highest BCUT2D eigenvalue weighted by atomic mass is 35.5. The summed E-state index contributed by atoms with van der Waals surface area (Å²) in [6.07, 6.45) is 1.80. The number of furan rings is 1. The SMILES string of the molecule is Cc1cccc(N2C(=S)N[C@H](c3ccccn3)[C@@H]2c2ccc(-c3ccc(Cl)cc3)o2)c1. The topological polar surface area (TPSA) is 41.3 Å². The molecule has 2 aromatic heterocycles. The Labute approximate surface area is 191 Å². The molecule has 0 amide bonds. The third kappa shape index (κ3) is 3.82. The first-order valence-corrected chi connectivity index (χ1v) is 10.8. The Morgan fingerprint density at radius 3 is 2.58 bits per heavy atom. The van der Waals surface area contributed by atoms with E-state index in [4.69, 9.17) is 28.2 Å². The molecule has 0 unspecified atom stereocenters. The van der Waals surface area contributed by atoms with Crippen LogP contribution in [-0.4, -0.2) is 10.1 Å². The Hall–Kier alpha value is -3.15. The monoisotopic (exact) mass is 445 g/mol. The lowest BCUT2D eigenvalue weighted by Gasteiger charge is -2.26. The summed E-state index contributed by atoms with van der Waals surface area (Å²) in [6, 6.07) is 25.5. The molecule has 6 heteroatoms. The van der Waals surface area contributed by atoms with Crippen LogP contribution >= 0.6 is 23.8 Å². The number of aromatic nitrogens is 1. The second-order valence-corrected chi connectivity index (χ2v) is 8.37. The van der Waals surface area contributed by atoms with Gasteiger partial charge in [0.15, 0.2) is 5.11 Å². The van der Waals surface area contributed by atoms with Crippen molar-refractivity contribution in [3.05, 3.63) is 107 Å². The van der Waals surface area contributed by atoms with Crippen LogP contribution in [0.4, 0.5) is 5.69 Å². The molecule has 0 radical (unpaired) electrons. The first kappa shape index (κ1) is 19.8. The van der Waals surface area contributed by atoms with Crippen molar-refractivity contribution < 1.29 is 4.42 Å². The van der Waals surface area contributed by atoms with Gasteiger partial charge in [0.2, 0.25) is 0 Å². The van der Waals surface area contributed by atoms with Crippen LogP contribution in [0.5, 0.6) is 0 Å². The number of halogens is 1. The van der Waals surface area contributed by atoms with E-state index in [-0.39, 0.29) is 12.1 Å². The summed E-state index contributed by atoms with van der Waals surface area (Å²) in [4.78, 5) is 6.70. The van der Waals surface area contributed by atoms with Crippen molar-refractivity contribution in [3.8, 4) is 11.3 Å². The molecule has 1 N–H and O–H groups in total. The molecule has 0 bridgehead atoms. The molecule has 154 valence electrons. The summed E-state index contributed by atoms with van der Waals surface area (Å²) < 4.78 is 6.36. The van der Waals surface area contributed by atoms with Crippen LogP contribution in [0, 0.1) is 6.92 Å². The molecule has 5 rings (SSSR count). The van der Waals surface area contributed by atoms with Crippen molar-refractivity contribution >= 4 is 34.6 Å². The molecule has 0 spiro atoms. The number of thiocarbonyl (C=S) groups is 1. The summed E-state index contributed by atoms with van der Waals surface area (Å²) in [7, 11) is 0. The van der Waals surface area contributed by atoms with E-state index >= 15 is 0 Å². The number of pyridine rings is 1. The molecule has 31 heavy (non-hydrogen) atoms. The van der Waals surface area contributed by atoms with Crippen molar-refractivity contribution in [3.63, 3.8) is 0 Å². The highest BCUT2D eigenvalue weighted by Gasteiger charge is 2.42. The second kappa shape index (κ2) is 8.17. The number of nitrogens with one attached hydrogen (secondary N) is 1. The number of rotatable bonds is 4. The van der Waals surface area contributed by atoms with Gasteiger partial charge in [-0.05, 0) is 85.4 Å². The third-order valence-electron chi connectivity index (χ3n) is 5.42. The minimum Gasteiger partial charge on any atom is -0.459 e. The molecule has 0 aliphatic carbocycles. The lowest BCUT2D eigenvalue weighted by molar-refractivity contribution is 0.439. The molecule has 1 saturated heterocycles. The van der Waals surface area contributed by atoms with Crippen molar-refractivity contribution in [1.82, 2.24) is 10.3 Å². The van der Waals surface area contributed by atoms with Gasteiger partial charge < -0.3 is 14.6 Å². The quantitative estimate of drug-likeness (QED) is 0.364. The fourth-order valence-corrected chi connectivity index (χ4v) is 4.45. The van der Waals surface area contributed by atoms with Gasteiger partial charge in [-0.3, -0.25) is 4.98 Å². The van der Waals surface area contributed by atoms with E-state index in [1.807, 2.05) is 60.7 Å². The fraction of sp³-hybridized carbons (Fsp3) is 0.120. The van der Waals surface area contributed by atoms with Crippen molar-refractivity contribution in [2.45, 2.75) is 19.0 Å². The van der Waals surface area contributed by atoms with Gasteiger partial charge in [-0.1, -0.05) is 29.8 Å². The molecular formula is C25H20ClN3OS. The standard InChI is InChI=1S/C25H20ClN3OS/c1-16-5-4-6-19(15-16)29-24(23(28-25(29)31)20-7-2-3-14-27-20)22-13-12-21(30-22)17-8-10-18(26)11-9-17/h2-15,23-24H,1H3,(H,28,31)/t23-,24+/m1/s1. The largest absolute Gasteiger partial charge is 0.459 e. The van der Waals surface area contributed by atoms with Gasteiger partial charge in [0.25, 0.3) is 0 Å². The lowest BCUT2D eigenvalue weighted by Crippen LogP contribution is -2.29. The maximum Gasteiger partial charge on any atom is 0.174 e. The van der Waals surface area contributed by atoms with Gasteiger partial charge in [-0.15, -0.1) is 0 Å². The number of nitrogens with zero attached hydrogens (tertiary/aromatic N) is 2. The molecule has 1 aliphatic rings. The van der Waals surface area contributed by atoms with Gasteiger partial charge >= 0.3 is 0 Å². The molecule has 2 atom stereocenters. The zero-order chi connectivity index (χ0) is 21.4. The second-order valence-electron chi connectivity index (χ2n) is 7.54. The van der Waals surface area contributed by atoms with E-state index in [0.29, 0.717) is 10.1 Å². The first-order valence-electron chi connectivity index (χ1n) is 10.0. The molecule has 0 saturated carbocycles. The highest BCUT2D eigenvalue weighted by Crippen LogP contribution is 2.43. The summed E-state index contributed by atoms with van der Waals surface area (Å²) >= 11 is 11.8. The summed E-state index contributed by atoms with van der Waals surface area (Å²) in [5.74, 6) is 1.60. The van der Waals surface area contributed by atoms with Crippen molar-refractivity contribution in [2.75, 3.05) is 4.90 Å². The minimum atomic E-state index is -0.176. The highest BCUT2D eigenvalue weighted by molar-refractivity contribution is 7.80. The van der Waals surface area contributed by atoms with E-state index in [2.05, 4.69) is 40.3 Å². The normalized spacial score (nSPS) is 18.3. The van der Waals surface area contributed by atoms with E-state index < -0.39 is 0 Å². The third-order valence-corrected chi connectivity index (χ3v) is 5.99. The number of hydrogen-bond acceptors (Lipinski definition) is 3. The maximum absolute atomic E-state index is 6.36. The Balaban J connectivity index is 1.60. The van der Waals surface area contributed by atoms with Crippen molar-refractivity contribution in [2.24, 2.45) is 0 Å². The van der Waals surface area contributed by atoms with Crippen molar-refractivity contribution in [1.29, 1.82) is 0 Å². The van der Waals surface area contributed by atoms with Crippen LogP contribution < -0.4 is 10.2 Å². The van der Waals surface area contributed by atoms with E-state index in [1.54, 1.807) is 6.20 Å². The maximum atomic E-state index is 6.36. The van der Waals surface area contributed by atoms with E-state index in [1.165, 1.54) is 5.56 Å². The van der Waals surface area contributed by atoms with Gasteiger partial charge in [0.1, 0.15) is 17.6 Å². The number of anilines is 1. The Morgan fingerprint density at radius 1 is 1.00 bits per heavy atom. The lowest BCUT2D eigenvalue weighted by atomic mass is 10.0. The zero-order valence-electron chi connectivity index (χ0n) is 16.8. The predicted octanol–water partition coefficient (Wildman–Crippen LogP) is 6.48. The van der Waals surface area contributed by atoms with Gasteiger partial charge in [0, 0.05) is 22.5 Å². The van der Waals surface area contributed by atoms with Gasteiger partial charge in [-0.2, -0.15) is 0 Å². The fourth-order valence-electron chi connectivity index (χ4n) is 3.98. The summed E-state index contributed by atoms with van der Waals surface area (Å²) in [5.41, 5.74) is 4.07. The summed E-state index contributed by atoms with van der Waals surface area (Å²) in [6.45, 7) is 2.08.